The van der Waals surface area contributed by atoms with Crippen molar-refractivity contribution in [3.8, 4) is 11.9 Å². The van der Waals surface area contributed by atoms with E-state index in [9.17, 15) is 4.79 Å². The molecule has 1 atom stereocenters. The predicted molar refractivity (Wildman–Crippen MR) is 152 cm³/mol. The lowest BCUT2D eigenvalue weighted by atomic mass is 10.2. The van der Waals surface area contributed by atoms with Crippen molar-refractivity contribution in [1.29, 1.82) is 5.26 Å². The summed E-state index contributed by atoms with van der Waals surface area (Å²) >= 11 is 5.90. The van der Waals surface area contributed by atoms with Gasteiger partial charge in [-0.05, 0) is 44.0 Å². The van der Waals surface area contributed by atoms with E-state index in [-0.39, 0.29) is 56.2 Å². The molecule has 2 N–H and O–H groups in total. The number of nitrogens with zero attached hydrogens (tertiary/aromatic N) is 4. The number of halogens is 2. The smallest absolute Gasteiger partial charge is 0.573 e. The number of nitriles is 1. The van der Waals surface area contributed by atoms with E-state index in [2.05, 4.69) is 4.99 Å². The van der Waals surface area contributed by atoms with Gasteiger partial charge in [0, 0.05) is 30.8 Å². The molecule has 14 heteroatoms. The van der Waals surface area contributed by atoms with Gasteiger partial charge in [0.25, 0.3) is 0 Å². The van der Waals surface area contributed by atoms with Crippen LogP contribution < -0.4 is 43.9 Å². The summed E-state index contributed by atoms with van der Waals surface area (Å²) in [4.78, 5) is 16.8. The Bertz CT molecular complexity index is 1090. The van der Waals surface area contributed by atoms with Crippen LogP contribution in [0.4, 0.5) is 5.69 Å². The number of guanidine groups is 1. The van der Waals surface area contributed by atoms with E-state index in [1.807, 2.05) is 12.1 Å². The summed E-state index contributed by atoms with van der Waals surface area (Å²) in [6, 6.07) is 10.7. The number of pyridine rings is 1. The molecule has 1 aromatic heterocycles. The number of aliphatic imine (C=N–C) groups is 1. The second-order valence-corrected chi connectivity index (χ2v) is 8.96. The summed E-state index contributed by atoms with van der Waals surface area (Å²) in [5.74, 6) is 0.857. The molecule has 1 heterocycles. The second kappa shape index (κ2) is 21.9. The molecule has 232 valence electrons. The van der Waals surface area contributed by atoms with Gasteiger partial charge in [-0.2, -0.15) is 5.26 Å². The largest absolute Gasteiger partial charge is 1.00 e. The van der Waals surface area contributed by atoms with Gasteiger partial charge in [0.2, 0.25) is 12.2 Å². The number of methoxy groups -OCH3 is 1. The quantitative estimate of drug-likeness (QED) is 0.0281. The minimum absolute atomic E-state index is 0. The molecule has 0 aliphatic carbocycles. The number of ether oxygens (including phenoxy) is 6. The molecule has 0 spiro atoms. The third-order valence-electron chi connectivity index (χ3n) is 5.71. The number of rotatable bonds is 21. The topological polar surface area (TPSA) is 142 Å². The number of carbonyl (C=O) groups is 1. The Morgan fingerprint density at radius 2 is 1.74 bits per heavy atom. The van der Waals surface area contributed by atoms with Crippen LogP contribution >= 0.6 is 11.6 Å². The Morgan fingerprint density at radius 3 is 2.38 bits per heavy atom. The zero-order valence-electron chi connectivity index (χ0n) is 24.0. The SMILES string of the molecule is CCOC(OC=O)(OCCOCCOC)[n+]1ccc(N(CCCCCCOc2ccc(Cl)cc2)C(N)=NC#N)cc1.[I-]. The molecule has 0 fully saturated rings. The number of aromatic nitrogens is 1. The third kappa shape index (κ3) is 13.1. The van der Waals surface area contributed by atoms with Crippen LogP contribution in [0.15, 0.2) is 53.8 Å². The molecule has 0 radical (unpaired) electrons. The Labute approximate surface area is 269 Å². The lowest BCUT2D eigenvalue weighted by Crippen LogP contribution is -3.00. The van der Waals surface area contributed by atoms with E-state index in [1.165, 1.54) is 4.57 Å². The molecule has 0 aliphatic heterocycles. The molecule has 2 aromatic rings. The summed E-state index contributed by atoms with van der Waals surface area (Å²) in [6.07, 6.45) is 6.74. The van der Waals surface area contributed by atoms with E-state index in [4.69, 9.17) is 51.0 Å². The van der Waals surface area contributed by atoms with Gasteiger partial charge in [-0.25, -0.2) is 0 Å². The van der Waals surface area contributed by atoms with E-state index in [0.717, 1.165) is 31.4 Å². The van der Waals surface area contributed by atoms with E-state index < -0.39 is 6.10 Å². The lowest BCUT2D eigenvalue weighted by molar-refractivity contribution is -0.901. The molecular weight excluding hydrogens is 681 g/mol. The summed E-state index contributed by atoms with van der Waals surface area (Å²) in [7, 11) is 1.58. The Hall–Kier alpha value is -2.74. The lowest BCUT2D eigenvalue weighted by Gasteiger charge is -2.25. The summed E-state index contributed by atoms with van der Waals surface area (Å²) in [6.45, 7) is 4.52. The van der Waals surface area contributed by atoms with Crippen LogP contribution in [-0.4, -0.2) is 65.7 Å². The molecule has 0 aliphatic rings. The monoisotopic (exact) mass is 719 g/mol. The molecule has 0 bridgehead atoms. The number of hydrogen-bond donors (Lipinski definition) is 1. The van der Waals surface area contributed by atoms with Gasteiger partial charge >= 0.3 is 12.6 Å². The highest BCUT2D eigenvalue weighted by Crippen LogP contribution is 2.19. The van der Waals surface area contributed by atoms with Crippen LogP contribution in [0.25, 0.3) is 0 Å². The highest BCUT2D eigenvalue weighted by molar-refractivity contribution is 6.30. The van der Waals surface area contributed by atoms with Crippen molar-refractivity contribution in [2.24, 2.45) is 10.7 Å². The molecule has 0 saturated heterocycles. The van der Waals surface area contributed by atoms with Gasteiger partial charge in [0.15, 0.2) is 12.4 Å². The number of unbranched alkanes of at least 4 members (excludes halogenated alkanes) is 3. The summed E-state index contributed by atoms with van der Waals surface area (Å²) in [5, 5.41) is 9.73. The van der Waals surface area contributed by atoms with Crippen LogP contribution in [0.5, 0.6) is 5.75 Å². The molecule has 12 nitrogen and oxygen atoms in total. The number of anilines is 1. The number of hydrogen-bond acceptors (Lipinski definition) is 9. The van der Waals surface area contributed by atoms with Crippen LogP contribution in [0.3, 0.4) is 0 Å². The van der Waals surface area contributed by atoms with E-state index in [0.29, 0.717) is 37.1 Å². The molecule has 1 unspecified atom stereocenters. The second-order valence-electron chi connectivity index (χ2n) is 8.53. The zero-order chi connectivity index (χ0) is 29.8. The van der Waals surface area contributed by atoms with Gasteiger partial charge in [0.1, 0.15) is 5.75 Å². The van der Waals surface area contributed by atoms with Gasteiger partial charge in [-0.1, -0.05) is 24.4 Å². The van der Waals surface area contributed by atoms with Gasteiger partial charge in [0.05, 0.1) is 45.3 Å². The molecule has 2 rings (SSSR count). The molecule has 1 aromatic carbocycles. The fourth-order valence-corrected chi connectivity index (χ4v) is 3.88. The fraction of sp³-hybridized carbons (Fsp3) is 0.500. The Kier molecular flexibility index (Phi) is 19.4. The molecule has 0 saturated carbocycles. The first kappa shape index (κ1) is 37.3. The molecule has 42 heavy (non-hydrogen) atoms. The fourth-order valence-electron chi connectivity index (χ4n) is 3.75. The maximum Gasteiger partial charge on any atom is 0.573 e. The van der Waals surface area contributed by atoms with Gasteiger partial charge in [-0.15, -0.1) is 9.56 Å². The standard InChI is InChI=1S/C28H39ClN5O7.HI/c1-3-39-28(41-23-35,40-21-20-37-19-18-36-2)33-15-12-25(13-16-33)34(27(31)32-22-30)14-6-4-5-7-17-38-26-10-8-24(29)9-11-26;/h8-13,15-16,23H,3-7,14,17-21H2,1-2H3,(H2,31,32);1H/q+1;/p-1. The van der Waals surface area contributed by atoms with Crippen molar-refractivity contribution in [3.63, 3.8) is 0 Å². The predicted octanol–water partition coefficient (Wildman–Crippen LogP) is 0.330. The first-order valence-corrected chi connectivity index (χ1v) is 13.7. The average Bonchev–Trinajstić information content (AvgIpc) is 2.97. The average molecular weight is 720 g/mol. The Balaban J connectivity index is 0.00000882. The first-order chi connectivity index (χ1) is 20.0. The van der Waals surface area contributed by atoms with Crippen LogP contribution in [-0.2, 0) is 34.6 Å². The van der Waals surface area contributed by atoms with Crippen molar-refractivity contribution >= 4 is 29.7 Å². The van der Waals surface area contributed by atoms with Crippen LogP contribution in [0, 0.1) is 11.5 Å². The van der Waals surface area contributed by atoms with Crippen LogP contribution in [0.2, 0.25) is 5.02 Å². The third-order valence-corrected chi connectivity index (χ3v) is 5.96. The number of benzene rings is 1. The minimum Gasteiger partial charge on any atom is -1.00 e. The van der Waals surface area contributed by atoms with Crippen LogP contribution in [0.1, 0.15) is 32.6 Å². The van der Waals surface area contributed by atoms with Crippen molar-refractivity contribution in [2.75, 3.05) is 58.2 Å². The highest BCUT2D eigenvalue weighted by Gasteiger charge is 2.47. The van der Waals surface area contributed by atoms with Crippen molar-refractivity contribution < 1.29 is 61.8 Å². The van der Waals surface area contributed by atoms with Crippen molar-refractivity contribution in [3.05, 3.63) is 53.8 Å². The Morgan fingerprint density at radius 1 is 1.05 bits per heavy atom. The maximum absolute atomic E-state index is 11.3. The van der Waals surface area contributed by atoms with E-state index >= 15 is 0 Å². The highest BCUT2D eigenvalue weighted by atomic mass is 127. The summed E-state index contributed by atoms with van der Waals surface area (Å²) < 4.78 is 34.3. The molecule has 0 amide bonds. The van der Waals surface area contributed by atoms with E-state index in [1.54, 1.807) is 61.8 Å². The molecular formula is C28H39ClIN5O7. The number of nitrogens with two attached hydrogens (primary N) is 1. The first-order valence-electron chi connectivity index (χ1n) is 13.4. The normalized spacial score (nSPS) is 12.5. The van der Waals surface area contributed by atoms with Gasteiger partial charge in [-0.3, -0.25) is 14.3 Å². The van der Waals surface area contributed by atoms with Crippen molar-refractivity contribution in [1.82, 2.24) is 0 Å². The zero-order valence-corrected chi connectivity index (χ0v) is 26.9. The van der Waals surface area contributed by atoms with Gasteiger partial charge < -0.3 is 53.6 Å². The van der Waals surface area contributed by atoms with Crippen molar-refractivity contribution in [2.45, 2.75) is 38.7 Å². The summed E-state index contributed by atoms with van der Waals surface area (Å²) in [5.41, 5.74) is 6.79. The maximum atomic E-state index is 11.3. The number of carbonyl (C=O) groups excluding carboxylic acids is 1. The minimum atomic E-state index is -1.83.